The molecule has 4 fully saturated rings. The number of benzene rings is 1. The molecule has 0 radical (unpaired) electrons. The largest absolute Gasteiger partial charge is 0.380 e. The van der Waals surface area contributed by atoms with Gasteiger partial charge in [-0.1, -0.05) is 12.1 Å². The summed E-state index contributed by atoms with van der Waals surface area (Å²) in [5, 5.41) is 3.20. The van der Waals surface area contributed by atoms with Gasteiger partial charge in [0.15, 0.2) is 0 Å². The van der Waals surface area contributed by atoms with Gasteiger partial charge >= 0.3 is 0 Å². The summed E-state index contributed by atoms with van der Waals surface area (Å²) in [5.74, 6) is 2.67. The molecule has 0 atom stereocenters. The smallest absolute Gasteiger partial charge is 0.230 e. The van der Waals surface area contributed by atoms with Crippen LogP contribution < -0.4 is 5.32 Å². The van der Waals surface area contributed by atoms with E-state index in [9.17, 15) is 4.79 Å². The minimum absolute atomic E-state index is 0.0774. The molecule has 4 saturated carbocycles. The first kappa shape index (κ1) is 14.3. The van der Waals surface area contributed by atoms with Gasteiger partial charge in [0.05, 0.1) is 12.0 Å². The van der Waals surface area contributed by atoms with Gasteiger partial charge in [-0.25, -0.2) is 0 Å². The third kappa shape index (κ3) is 2.45. The Labute approximate surface area is 132 Å². The van der Waals surface area contributed by atoms with Gasteiger partial charge in [0.1, 0.15) is 0 Å². The summed E-state index contributed by atoms with van der Waals surface area (Å²) < 4.78 is 5.18. The van der Waals surface area contributed by atoms with Crippen molar-refractivity contribution in [3.05, 3.63) is 29.8 Å². The number of carbonyl (C=O) groups is 1. The minimum Gasteiger partial charge on any atom is -0.380 e. The lowest BCUT2D eigenvalue weighted by molar-refractivity contribution is -0.140. The first-order valence-corrected chi connectivity index (χ1v) is 8.56. The van der Waals surface area contributed by atoms with Crippen molar-refractivity contribution in [3.8, 4) is 0 Å². The van der Waals surface area contributed by atoms with Crippen LogP contribution in [-0.2, 0) is 16.1 Å². The van der Waals surface area contributed by atoms with Crippen LogP contribution in [-0.4, -0.2) is 13.0 Å². The normalized spacial score (nSPS) is 35.6. The summed E-state index contributed by atoms with van der Waals surface area (Å²) in [5.41, 5.74) is 1.94. The summed E-state index contributed by atoms with van der Waals surface area (Å²) in [7, 11) is 1.70. The summed E-state index contributed by atoms with van der Waals surface area (Å²) in [6, 6.07) is 8.03. The first-order valence-electron chi connectivity index (χ1n) is 8.56. The zero-order valence-electron chi connectivity index (χ0n) is 13.3. The predicted molar refractivity (Wildman–Crippen MR) is 86.4 cm³/mol. The molecule has 0 spiro atoms. The van der Waals surface area contributed by atoms with Gasteiger partial charge in [0.2, 0.25) is 5.91 Å². The summed E-state index contributed by atoms with van der Waals surface area (Å²) in [4.78, 5) is 13.0. The number of ether oxygens (including phenoxy) is 1. The van der Waals surface area contributed by atoms with E-state index in [4.69, 9.17) is 4.74 Å². The Balaban J connectivity index is 1.51. The van der Waals surface area contributed by atoms with Crippen LogP contribution in [0, 0.1) is 23.2 Å². The lowest BCUT2D eigenvalue weighted by atomic mass is 9.49. The van der Waals surface area contributed by atoms with Crippen LogP contribution in [0.15, 0.2) is 24.3 Å². The molecule has 3 nitrogen and oxygen atoms in total. The second-order valence-electron chi connectivity index (χ2n) is 7.79. The summed E-state index contributed by atoms with van der Waals surface area (Å²) in [6.45, 7) is 0.584. The first-order chi connectivity index (χ1) is 10.7. The zero-order valence-corrected chi connectivity index (χ0v) is 13.3. The van der Waals surface area contributed by atoms with Crippen molar-refractivity contribution in [3.63, 3.8) is 0 Å². The molecule has 4 aliphatic carbocycles. The maximum atomic E-state index is 13.0. The van der Waals surface area contributed by atoms with E-state index in [1.807, 2.05) is 24.3 Å². The lowest BCUT2D eigenvalue weighted by Crippen LogP contribution is -2.51. The molecule has 1 amide bonds. The molecule has 22 heavy (non-hydrogen) atoms. The van der Waals surface area contributed by atoms with Crippen molar-refractivity contribution < 1.29 is 9.53 Å². The lowest BCUT2D eigenvalue weighted by Gasteiger charge is -2.55. The number of amides is 1. The molecule has 0 unspecified atom stereocenters. The maximum absolute atomic E-state index is 13.0. The molecule has 1 aromatic rings. The second-order valence-corrected chi connectivity index (χ2v) is 7.79. The Morgan fingerprint density at radius 3 is 2.41 bits per heavy atom. The molecule has 4 bridgehead atoms. The average molecular weight is 299 g/mol. The number of rotatable bonds is 4. The van der Waals surface area contributed by atoms with Gasteiger partial charge in [-0.15, -0.1) is 0 Å². The van der Waals surface area contributed by atoms with Crippen LogP contribution in [0.4, 0.5) is 5.69 Å². The molecule has 118 valence electrons. The molecular weight excluding hydrogens is 274 g/mol. The molecule has 1 aromatic carbocycles. The minimum atomic E-state index is -0.0774. The Kier molecular flexibility index (Phi) is 3.48. The molecule has 0 saturated heterocycles. The SMILES string of the molecule is COCc1cccc(NC(=O)C23CC4CC(CC(C4)C2)C3)c1. The van der Waals surface area contributed by atoms with E-state index in [1.54, 1.807) is 7.11 Å². The fraction of sp³-hybridized carbons (Fsp3) is 0.632. The van der Waals surface area contributed by atoms with Crippen LogP contribution >= 0.6 is 0 Å². The van der Waals surface area contributed by atoms with E-state index >= 15 is 0 Å². The van der Waals surface area contributed by atoms with E-state index < -0.39 is 0 Å². The van der Waals surface area contributed by atoms with Crippen LogP contribution in [0.5, 0.6) is 0 Å². The van der Waals surface area contributed by atoms with Crippen molar-refractivity contribution in [2.24, 2.45) is 23.2 Å². The maximum Gasteiger partial charge on any atom is 0.230 e. The van der Waals surface area contributed by atoms with Gasteiger partial charge in [-0.05, 0) is 74.0 Å². The highest BCUT2D eigenvalue weighted by atomic mass is 16.5. The van der Waals surface area contributed by atoms with Gasteiger partial charge < -0.3 is 10.1 Å². The van der Waals surface area contributed by atoms with E-state index in [2.05, 4.69) is 5.32 Å². The molecule has 0 aliphatic heterocycles. The van der Waals surface area contributed by atoms with Crippen LogP contribution in [0.3, 0.4) is 0 Å². The Bertz CT molecular complexity index is 545. The Morgan fingerprint density at radius 2 is 1.82 bits per heavy atom. The van der Waals surface area contributed by atoms with Crippen LogP contribution in [0.25, 0.3) is 0 Å². The van der Waals surface area contributed by atoms with Gasteiger partial charge in [-0.2, -0.15) is 0 Å². The molecule has 1 N–H and O–H groups in total. The number of nitrogens with one attached hydrogen (secondary N) is 1. The van der Waals surface area contributed by atoms with E-state index in [1.165, 1.54) is 19.3 Å². The number of methoxy groups -OCH3 is 1. The molecular formula is C19H25NO2. The highest BCUT2D eigenvalue weighted by Crippen LogP contribution is 2.60. The molecule has 4 aliphatic rings. The highest BCUT2D eigenvalue weighted by Gasteiger charge is 2.54. The van der Waals surface area contributed by atoms with Crippen molar-refractivity contribution in [1.82, 2.24) is 0 Å². The van der Waals surface area contributed by atoms with Crippen LogP contribution in [0.1, 0.15) is 44.1 Å². The Hall–Kier alpha value is -1.35. The van der Waals surface area contributed by atoms with Gasteiger partial charge in [0.25, 0.3) is 0 Å². The fourth-order valence-electron chi connectivity index (χ4n) is 5.56. The predicted octanol–water partition coefficient (Wildman–Crippen LogP) is 3.99. The topological polar surface area (TPSA) is 38.3 Å². The third-order valence-corrected chi connectivity index (χ3v) is 6.02. The molecule has 0 aromatic heterocycles. The van der Waals surface area contributed by atoms with Crippen molar-refractivity contribution >= 4 is 11.6 Å². The number of anilines is 1. The van der Waals surface area contributed by atoms with Crippen molar-refractivity contribution in [2.75, 3.05) is 12.4 Å². The quantitative estimate of drug-likeness (QED) is 0.913. The standard InChI is InChI=1S/C19H25NO2/c1-22-12-13-3-2-4-17(8-13)20-18(21)19-9-14-5-15(10-19)7-16(6-14)11-19/h2-4,8,14-16H,5-7,9-12H2,1H3,(H,20,21). The van der Waals surface area contributed by atoms with E-state index in [0.29, 0.717) is 6.61 Å². The van der Waals surface area contributed by atoms with Gasteiger partial charge in [-0.3, -0.25) is 4.79 Å². The van der Waals surface area contributed by atoms with E-state index in [-0.39, 0.29) is 11.3 Å². The zero-order chi connectivity index (χ0) is 15.2. The highest BCUT2D eigenvalue weighted by molar-refractivity contribution is 5.95. The molecule has 0 heterocycles. The van der Waals surface area contributed by atoms with Crippen LogP contribution in [0.2, 0.25) is 0 Å². The van der Waals surface area contributed by atoms with E-state index in [0.717, 1.165) is 48.3 Å². The number of hydrogen-bond acceptors (Lipinski definition) is 2. The second kappa shape index (κ2) is 5.38. The number of carbonyl (C=O) groups excluding carboxylic acids is 1. The summed E-state index contributed by atoms with van der Waals surface area (Å²) >= 11 is 0. The van der Waals surface area contributed by atoms with Crippen molar-refractivity contribution in [2.45, 2.75) is 45.1 Å². The number of hydrogen-bond donors (Lipinski definition) is 1. The average Bonchev–Trinajstić information content (AvgIpc) is 2.46. The fourth-order valence-corrected chi connectivity index (χ4v) is 5.56. The van der Waals surface area contributed by atoms with Gasteiger partial charge in [0, 0.05) is 12.8 Å². The Morgan fingerprint density at radius 1 is 1.18 bits per heavy atom. The molecule has 3 heteroatoms. The third-order valence-electron chi connectivity index (χ3n) is 6.02. The monoisotopic (exact) mass is 299 g/mol. The summed E-state index contributed by atoms with van der Waals surface area (Å²) in [6.07, 6.45) is 7.45. The van der Waals surface area contributed by atoms with Crippen molar-refractivity contribution in [1.29, 1.82) is 0 Å². The molecule has 5 rings (SSSR count).